The summed E-state index contributed by atoms with van der Waals surface area (Å²) in [5, 5.41) is 1.35. The summed E-state index contributed by atoms with van der Waals surface area (Å²) in [6.07, 6.45) is 8.09. The summed E-state index contributed by atoms with van der Waals surface area (Å²) in [4.78, 5) is 21.8. The van der Waals surface area contributed by atoms with Crippen LogP contribution in [0.15, 0.2) is 30.5 Å². The average Bonchev–Trinajstić information content (AvgIpc) is 2.96. The fourth-order valence-corrected chi connectivity index (χ4v) is 6.94. The zero-order valence-electron chi connectivity index (χ0n) is 21.6. The number of hydrogen-bond donors (Lipinski definition) is 0. The van der Waals surface area contributed by atoms with Crippen LogP contribution in [-0.2, 0) is 4.74 Å². The van der Waals surface area contributed by atoms with Crippen LogP contribution < -0.4 is 0 Å². The molecule has 0 spiro atoms. The van der Waals surface area contributed by atoms with Crippen molar-refractivity contribution in [3.05, 3.63) is 62.9 Å². The maximum Gasteiger partial charge on any atom is 0.410 e. The van der Waals surface area contributed by atoms with Crippen LogP contribution in [0.25, 0.3) is 10.6 Å². The van der Waals surface area contributed by atoms with Gasteiger partial charge in [0.15, 0.2) is 0 Å². The normalized spacial score (nSPS) is 21.6. The van der Waals surface area contributed by atoms with E-state index in [9.17, 15) is 4.79 Å². The topological polar surface area (TPSA) is 45.7 Å². The molecule has 5 nitrogen and oxygen atoms in total. The van der Waals surface area contributed by atoms with Crippen molar-refractivity contribution in [2.24, 2.45) is 11.8 Å². The highest BCUT2D eigenvalue weighted by atomic mass is 79.9. The first-order valence-electron chi connectivity index (χ1n) is 13.1. The van der Waals surface area contributed by atoms with E-state index in [-0.39, 0.29) is 12.1 Å². The highest BCUT2D eigenvalue weighted by Gasteiger charge is 2.36. The minimum Gasteiger partial charge on any atom is -0.444 e. The van der Waals surface area contributed by atoms with Crippen LogP contribution in [0.4, 0.5) is 4.79 Å². The molecule has 2 aliphatic heterocycles. The van der Waals surface area contributed by atoms with Crippen LogP contribution in [0.1, 0.15) is 74.9 Å². The highest BCUT2D eigenvalue weighted by Crippen LogP contribution is 2.44. The highest BCUT2D eigenvalue weighted by molar-refractivity contribution is 9.15. The van der Waals surface area contributed by atoms with Gasteiger partial charge in [0.25, 0.3) is 0 Å². The van der Waals surface area contributed by atoms with Crippen LogP contribution in [0.2, 0.25) is 10.0 Å². The number of carbonyl (C=O) groups is 1. The van der Waals surface area contributed by atoms with Gasteiger partial charge in [-0.3, -0.25) is 9.88 Å². The first-order chi connectivity index (χ1) is 17.6. The van der Waals surface area contributed by atoms with Gasteiger partial charge in [0.2, 0.25) is 0 Å². The molecule has 198 valence electrons. The Bertz CT molecular complexity index is 1200. The van der Waals surface area contributed by atoms with Crippen molar-refractivity contribution in [2.45, 2.75) is 58.1 Å². The van der Waals surface area contributed by atoms with Crippen LogP contribution in [0.3, 0.4) is 0 Å². The molecule has 0 bridgehead atoms. The molecule has 5 rings (SSSR count). The largest absolute Gasteiger partial charge is 0.444 e. The van der Waals surface area contributed by atoms with E-state index in [4.69, 9.17) is 32.9 Å². The van der Waals surface area contributed by atoms with Crippen molar-refractivity contribution in [3.63, 3.8) is 0 Å². The summed E-state index contributed by atoms with van der Waals surface area (Å²) in [6, 6.07) is 8.19. The van der Waals surface area contributed by atoms with Crippen LogP contribution in [0, 0.1) is 11.8 Å². The Morgan fingerprint density at radius 3 is 2.30 bits per heavy atom. The maximum atomic E-state index is 12.5. The average molecular weight is 607 g/mol. The van der Waals surface area contributed by atoms with Crippen LogP contribution >= 0.6 is 39.1 Å². The molecule has 0 radical (unpaired) electrons. The number of rotatable bonds is 2. The van der Waals surface area contributed by atoms with Crippen molar-refractivity contribution in [2.75, 3.05) is 26.2 Å². The Hall–Kier alpha value is -1.60. The number of halogens is 3. The monoisotopic (exact) mass is 605 g/mol. The Kier molecular flexibility index (Phi) is 7.93. The molecule has 1 aliphatic carbocycles. The summed E-state index contributed by atoms with van der Waals surface area (Å²) >= 11 is 16.5. The van der Waals surface area contributed by atoms with Crippen LogP contribution in [0.5, 0.6) is 0 Å². The van der Waals surface area contributed by atoms with Crippen molar-refractivity contribution < 1.29 is 9.53 Å². The van der Waals surface area contributed by atoms with E-state index in [2.05, 4.69) is 33.0 Å². The Morgan fingerprint density at radius 2 is 1.65 bits per heavy atom. The number of ether oxygens (including phenoxy) is 1. The number of fused-ring (bicyclic) bond motifs is 2. The van der Waals surface area contributed by atoms with Gasteiger partial charge in [-0.05, 0) is 107 Å². The van der Waals surface area contributed by atoms with E-state index in [0.717, 1.165) is 78.2 Å². The second-order valence-electron chi connectivity index (χ2n) is 11.4. The molecule has 0 N–H and O–H groups in total. The Balaban J connectivity index is 1.29. The minimum absolute atomic E-state index is 0.0424. The van der Waals surface area contributed by atoms with Gasteiger partial charge < -0.3 is 9.64 Å². The number of amides is 1. The van der Waals surface area contributed by atoms with E-state index in [1.165, 1.54) is 5.56 Å². The molecule has 0 saturated carbocycles. The zero-order valence-corrected chi connectivity index (χ0v) is 24.7. The van der Waals surface area contributed by atoms with Gasteiger partial charge in [-0.25, -0.2) is 4.79 Å². The summed E-state index contributed by atoms with van der Waals surface area (Å²) in [5.74, 6) is 1.33. The molecule has 2 fully saturated rings. The molecule has 1 aromatic heterocycles. The van der Waals surface area contributed by atoms with E-state index in [0.29, 0.717) is 16.9 Å². The van der Waals surface area contributed by atoms with Crippen molar-refractivity contribution in [1.82, 2.24) is 14.8 Å². The molecule has 3 heterocycles. The fourth-order valence-electron chi connectivity index (χ4n) is 6.04. The number of aromatic nitrogens is 1. The number of hydrogen-bond acceptors (Lipinski definition) is 4. The van der Waals surface area contributed by atoms with E-state index in [1.807, 2.05) is 43.9 Å². The maximum absolute atomic E-state index is 12.5. The first kappa shape index (κ1) is 27.0. The van der Waals surface area contributed by atoms with E-state index < -0.39 is 5.60 Å². The first-order valence-corrected chi connectivity index (χ1v) is 14.7. The fraction of sp³-hybridized carbons (Fsp3) is 0.517. The summed E-state index contributed by atoms with van der Waals surface area (Å²) in [6.45, 7) is 9.34. The van der Waals surface area contributed by atoms with Crippen LogP contribution in [-0.4, -0.2) is 52.7 Å². The Morgan fingerprint density at radius 1 is 1.00 bits per heavy atom. The van der Waals surface area contributed by atoms with Gasteiger partial charge in [-0.1, -0.05) is 45.2 Å². The Labute approximate surface area is 238 Å². The van der Waals surface area contributed by atoms with Crippen molar-refractivity contribution >= 4 is 55.8 Å². The smallest absolute Gasteiger partial charge is 0.410 e. The molecule has 1 amide bonds. The van der Waals surface area contributed by atoms with Gasteiger partial charge in [0.1, 0.15) is 5.60 Å². The summed E-state index contributed by atoms with van der Waals surface area (Å²) < 4.78 is 6.55. The second-order valence-corrected chi connectivity index (χ2v) is 13.2. The molecule has 2 saturated heterocycles. The minimum atomic E-state index is -0.452. The third-order valence-electron chi connectivity index (χ3n) is 7.82. The predicted molar refractivity (Wildman–Crippen MR) is 154 cm³/mol. The van der Waals surface area contributed by atoms with E-state index >= 15 is 0 Å². The third-order valence-corrected chi connectivity index (χ3v) is 8.92. The lowest BCUT2D eigenvalue weighted by atomic mass is 9.78. The number of piperidine rings is 2. The van der Waals surface area contributed by atoms with Crippen molar-refractivity contribution in [3.8, 4) is 0 Å². The lowest BCUT2D eigenvalue weighted by molar-refractivity contribution is 0.0129. The number of likely N-dealkylation sites (tertiary alicyclic amines) is 2. The molecule has 8 heteroatoms. The van der Waals surface area contributed by atoms with Gasteiger partial charge in [0.05, 0.1) is 16.8 Å². The van der Waals surface area contributed by atoms with Gasteiger partial charge in [-0.15, -0.1) is 0 Å². The van der Waals surface area contributed by atoms with E-state index in [1.54, 1.807) is 6.20 Å². The third kappa shape index (κ3) is 6.03. The lowest BCUT2D eigenvalue weighted by Gasteiger charge is -2.42. The molecule has 2 aromatic rings. The molecule has 1 atom stereocenters. The molecule has 1 aromatic carbocycles. The number of nitrogens with zero attached hydrogens (tertiary/aromatic N) is 3. The number of carbonyl (C=O) groups excluding carboxylic acids is 1. The summed E-state index contributed by atoms with van der Waals surface area (Å²) in [7, 11) is 0. The molecule has 37 heavy (non-hydrogen) atoms. The summed E-state index contributed by atoms with van der Waals surface area (Å²) in [5.41, 5.74) is 3.93. The van der Waals surface area contributed by atoms with Gasteiger partial charge >= 0.3 is 6.09 Å². The van der Waals surface area contributed by atoms with Crippen molar-refractivity contribution in [1.29, 1.82) is 0 Å². The number of pyridine rings is 1. The second kappa shape index (κ2) is 10.9. The SMILES string of the molecule is CC(C)(C)OC(=O)N1CCC(C2CCN(C3c4ccc(Cl)cc4C=C(Br)c4cc(Cl)cnc43)CC2)CC1. The van der Waals surface area contributed by atoms with Gasteiger partial charge in [0, 0.05) is 34.4 Å². The molecule has 1 unspecified atom stereocenters. The lowest BCUT2D eigenvalue weighted by Crippen LogP contribution is -2.45. The predicted octanol–water partition coefficient (Wildman–Crippen LogP) is 8.04. The zero-order chi connectivity index (χ0) is 26.3. The molecule has 3 aliphatic rings. The standard InChI is InChI=1S/C29H34BrCl2N3O2/c1-29(2,3)37-28(36)35-12-8-19(9-13-35)18-6-10-34(11-7-18)27-23-5-4-21(31)14-20(23)15-25(30)24-16-22(32)17-33-26(24)27/h4-5,14-19,27H,6-13H2,1-3H3. The molecular weight excluding hydrogens is 573 g/mol. The molecular formula is C29H34BrCl2N3O2. The quantitative estimate of drug-likeness (QED) is 0.347. The number of benzene rings is 1. The van der Waals surface area contributed by atoms with Gasteiger partial charge in [-0.2, -0.15) is 0 Å².